The number of hydrogen-bond acceptors (Lipinski definition) is 4. The van der Waals surface area contributed by atoms with Gasteiger partial charge >= 0.3 is 0 Å². The molecule has 0 aliphatic heterocycles. The summed E-state index contributed by atoms with van der Waals surface area (Å²) < 4.78 is 30.6. The average Bonchev–Trinajstić information content (AvgIpc) is 2.89. The van der Waals surface area contributed by atoms with E-state index in [1.807, 2.05) is 0 Å². The number of hydrogen-bond donors (Lipinski definition) is 0. The Hall–Kier alpha value is -1.08. The maximum atomic E-state index is 12.4. The molecule has 114 valence electrons. The van der Waals surface area contributed by atoms with E-state index in [1.54, 1.807) is 25.1 Å². The minimum Gasteiger partial charge on any atom is -0.364 e. The van der Waals surface area contributed by atoms with Crippen molar-refractivity contribution in [1.82, 2.24) is 9.46 Å². The smallest absolute Gasteiger partial charge is 0.220 e. The van der Waals surface area contributed by atoms with Crippen molar-refractivity contribution < 1.29 is 12.9 Å². The van der Waals surface area contributed by atoms with Crippen LogP contribution in [0.3, 0.4) is 0 Å². The topological polar surface area (TPSA) is 63.4 Å². The van der Waals surface area contributed by atoms with Gasteiger partial charge in [0.15, 0.2) is 0 Å². The van der Waals surface area contributed by atoms with Crippen LogP contribution in [-0.2, 0) is 15.8 Å². The molecule has 0 aliphatic rings. The van der Waals surface area contributed by atoms with E-state index in [1.165, 1.54) is 23.7 Å². The Bertz CT molecular complexity index is 717. The summed E-state index contributed by atoms with van der Waals surface area (Å²) in [7, 11) is -2.03. The molecule has 1 aromatic carbocycles. The monoisotopic (exact) mass is 348 g/mol. The first-order valence-corrected chi connectivity index (χ1v) is 8.47. The second-order valence-electron chi connectivity index (χ2n) is 4.61. The van der Waals surface area contributed by atoms with Crippen molar-refractivity contribution in [2.45, 2.75) is 18.7 Å². The number of nitrogens with zero attached hydrogens (tertiary/aromatic N) is 2. The molecule has 0 spiro atoms. The second kappa shape index (κ2) is 6.36. The van der Waals surface area contributed by atoms with E-state index in [0.717, 1.165) is 0 Å². The van der Waals surface area contributed by atoms with Crippen molar-refractivity contribution in [3.05, 3.63) is 51.8 Å². The molecule has 0 bridgehead atoms. The number of benzene rings is 1. The van der Waals surface area contributed by atoms with Crippen LogP contribution < -0.4 is 0 Å². The van der Waals surface area contributed by atoms with Crippen LogP contribution in [0, 0.1) is 0 Å². The third-order valence-electron chi connectivity index (χ3n) is 3.22. The highest BCUT2D eigenvalue weighted by atomic mass is 35.5. The molecule has 0 saturated carbocycles. The van der Waals surface area contributed by atoms with E-state index in [2.05, 4.69) is 9.68 Å². The van der Waals surface area contributed by atoms with Crippen molar-refractivity contribution in [2.75, 3.05) is 7.05 Å². The summed E-state index contributed by atoms with van der Waals surface area (Å²) in [5, 5.41) is 4.55. The largest absolute Gasteiger partial charge is 0.364 e. The summed E-state index contributed by atoms with van der Waals surface area (Å²) in [5.41, 5.74) is 1.04. The van der Waals surface area contributed by atoms with Gasteiger partial charge in [-0.2, -0.15) is 4.31 Å². The predicted octanol–water partition coefficient (Wildman–Crippen LogP) is 3.50. The highest BCUT2D eigenvalue weighted by Crippen LogP contribution is 2.30. The quantitative estimate of drug-likeness (QED) is 0.829. The van der Waals surface area contributed by atoms with Gasteiger partial charge < -0.3 is 4.52 Å². The number of sulfonamides is 1. The summed E-state index contributed by atoms with van der Waals surface area (Å²) in [6, 6.07) is 6.08. The van der Waals surface area contributed by atoms with Gasteiger partial charge in [0.25, 0.3) is 0 Å². The Morgan fingerprint density at radius 1 is 1.33 bits per heavy atom. The van der Waals surface area contributed by atoms with Gasteiger partial charge in [-0.15, -0.1) is 0 Å². The van der Waals surface area contributed by atoms with Crippen LogP contribution in [0.15, 0.2) is 35.1 Å². The van der Waals surface area contributed by atoms with E-state index in [4.69, 9.17) is 23.2 Å². The van der Waals surface area contributed by atoms with Gasteiger partial charge in [-0.05, 0) is 24.6 Å². The Labute approximate surface area is 133 Å². The van der Waals surface area contributed by atoms with Gasteiger partial charge in [0.2, 0.25) is 10.0 Å². The lowest BCUT2D eigenvalue weighted by Crippen LogP contribution is -2.31. The van der Waals surface area contributed by atoms with Crippen LogP contribution in [0.1, 0.15) is 24.2 Å². The molecule has 1 aromatic heterocycles. The average molecular weight is 349 g/mol. The number of rotatable bonds is 5. The fraction of sp³-hybridized carbons (Fsp3) is 0.308. The molecule has 21 heavy (non-hydrogen) atoms. The van der Waals surface area contributed by atoms with Crippen LogP contribution in [0.2, 0.25) is 10.0 Å². The highest BCUT2D eigenvalue weighted by molar-refractivity contribution is 7.88. The van der Waals surface area contributed by atoms with E-state index in [9.17, 15) is 8.42 Å². The van der Waals surface area contributed by atoms with Crippen molar-refractivity contribution >= 4 is 33.2 Å². The summed E-state index contributed by atoms with van der Waals surface area (Å²) in [6.45, 7) is 1.76. The van der Waals surface area contributed by atoms with Gasteiger partial charge in [0.05, 0.1) is 5.69 Å². The van der Waals surface area contributed by atoms with Crippen LogP contribution in [0.4, 0.5) is 0 Å². The normalized spacial score (nSPS) is 13.6. The molecule has 0 unspecified atom stereocenters. The Morgan fingerprint density at radius 3 is 2.62 bits per heavy atom. The van der Waals surface area contributed by atoms with Gasteiger partial charge in [-0.25, -0.2) is 8.42 Å². The minimum absolute atomic E-state index is 0.227. The fourth-order valence-corrected chi connectivity index (χ4v) is 3.77. The number of aromatic nitrogens is 1. The molecule has 8 heteroatoms. The molecule has 0 aliphatic carbocycles. The lowest BCUT2D eigenvalue weighted by molar-refractivity contribution is 0.393. The van der Waals surface area contributed by atoms with Gasteiger partial charge in [0, 0.05) is 29.2 Å². The predicted molar refractivity (Wildman–Crippen MR) is 81.8 cm³/mol. The standard InChI is InChI=1S/C13H14Cl2N2O3S/c1-9(12-4-3-10(14)7-13(12)15)17(2)21(18,19)8-11-5-6-20-16-11/h3-7,9H,8H2,1-2H3/t9-/m1/s1. The molecule has 0 saturated heterocycles. The molecule has 0 radical (unpaired) electrons. The maximum absolute atomic E-state index is 12.4. The van der Waals surface area contributed by atoms with Crippen molar-refractivity contribution in [3.63, 3.8) is 0 Å². The summed E-state index contributed by atoms with van der Waals surface area (Å²) >= 11 is 12.0. The van der Waals surface area contributed by atoms with Gasteiger partial charge in [-0.3, -0.25) is 0 Å². The van der Waals surface area contributed by atoms with Crippen LogP contribution >= 0.6 is 23.2 Å². The van der Waals surface area contributed by atoms with Crippen LogP contribution in [0.25, 0.3) is 0 Å². The highest BCUT2D eigenvalue weighted by Gasteiger charge is 2.26. The minimum atomic E-state index is -3.54. The SMILES string of the molecule is C[C@H](c1ccc(Cl)cc1Cl)N(C)S(=O)(=O)Cc1ccon1. The lowest BCUT2D eigenvalue weighted by Gasteiger charge is -2.25. The molecule has 5 nitrogen and oxygen atoms in total. The van der Waals surface area contributed by atoms with Crippen molar-refractivity contribution in [2.24, 2.45) is 0 Å². The van der Waals surface area contributed by atoms with E-state index in [-0.39, 0.29) is 5.75 Å². The Kier molecular flexibility index (Phi) is 4.93. The third-order valence-corrected chi connectivity index (χ3v) is 5.64. The third kappa shape index (κ3) is 3.77. The molecule has 1 heterocycles. The van der Waals surface area contributed by atoms with Gasteiger partial charge in [0.1, 0.15) is 12.0 Å². The van der Waals surface area contributed by atoms with Crippen LogP contribution in [0.5, 0.6) is 0 Å². The second-order valence-corrected chi connectivity index (χ2v) is 7.48. The lowest BCUT2D eigenvalue weighted by atomic mass is 10.1. The van der Waals surface area contributed by atoms with E-state index < -0.39 is 16.1 Å². The van der Waals surface area contributed by atoms with Crippen molar-refractivity contribution in [1.29, 1.82) is 0 Å². The zero-order chi connectivity index (χ0) is 15.6. The van der Waals surface area contributed by atoms with Crippen LogP contribution in [-0.4, -0.2) is 24.9 Å². The molecule has 2 rings (SSSR count). The fourth-order valence-electron chi connectivity index (χ4n) is 1.88. The first kappa shape index (κ1) is 16.3. The summed E-state index contributed by atoms with van der Waals surface area (Å²) in [5.74, 6) is -0.227. The summed E-state index contributed by atoms with van der Waals surface area (Å²) in [6.07, 6.45) is 1.34. The van der Waals surface area contributed by atoms with Gasteiger partial charge in [-0.1, -0.05) is 34.4 Å². The zero-order valence-electron chi connectivity index (χ0n) is 11.5. The molecule has 2 aromatic rings. The Morgan fingerprint density at radius 2 is 2.05 bits per heavy atom. The van der Waals surface area contributed by atoms with Crippen molar-refractivity contribution in [3.8, 4) is 0 Å². The van der Waals surface area contributed by atoms with E-state index in [0.29, 0.717) is 21.3 Å². The summed E-state index contributed by atoms with van der Waals surface area (Å²) in [4.78, 5) is 0. The number of halogens is 2. The first-order chi connectivity index (χ1) is 9.81. The molecular formula is C13H14Cl2N2O3S. The first-order valence-electron chi connectivity index (χ1n) is 6.11. The molecule has 0 N–H and O–H groups in total. The molecule has 0 fully saturated rings. The maximum Gasteiger partial charge on any atom is 0.220 e. The van der Waals surface area contributed by atoms with E-state index >= 15 is 0 Å². The molecular weight excluding hydrogens is 335 g/mol. The molecule has 0 amide bonds. The Balaban J connectivity index is 2.23. The zero-order valence-corrected chi connectivity index (χ0v) is 13.8. The molecule has 1 atom stereocenters.